The molecule has 3 aromatic rings. The Kier molecular flexibility index (Phi) is 6.09. The third kappa shape index (κ3) is 4.57. The summed E-state index contributed by atoms with van der Waals surface area (Å²) in [6.07, 6.45) is 5.10. The first-order chi connectivity index (χ1) is 13.5. The quantitative estimate of drug-likeness (QED) is 0.579. The van der Waals surface area contributed by atoms with Gasteiger partial charge in [0.1, 0.15) is 22.7 Å². The molecule has 0 aliphatic heterocycles. The van der Waals surface area contributed by atoms with Crippen molar-refractivity contribution in [1.29, 1.82) is 0 Å². The number of phenolic OH excluding ortho intramolecular Hbond substituents is 1. The SMILES string of the molecule is CCCCCCc1cc2cc(C(N)=O)c(=Nc3cccc(F)c3)oc2cc1O. The van der Waals surface area contributed by atoms with Crippen LogP contribution in [-0.4, -0.2) is 11.0 Å². The molecule has 0 spiro atoms. The van der Waals surface area contributed by atoms with Gasteiger partial charge in [0.15, 0.2) is 0 Å². The molecule has 1 amide bonds. The van der Waals surface area contributed by atoms with Gasteiger partial charge in [0.2, 0.25) is 5.55 Å². The van der Waals surface area contributed by atoms with E-state index in [-0.39, 0.29) is 16.9 Å². The van der Waals surface area contributed by atoms with E-state index in [1.54, 1.807) is 18.2 Å². The summed E-state index contributed by atoms with van der Waals surface area (Å²) < 4.78 is 19.1. The predicted octanol–water partition coefficient (Wildman–Crippen LogP) is 4.73. The molecule has 2 aromatic carbocycles. The molecule has 0 aliphatic rings. The number of halogens is 1. The van der Waals surface area contributed by atoms with Gasteiger partial charge in [-0.1, -0.05) is 32.3 Å². The van der Waals surface area contributed by atoms with Crippen molar-refractivity contribution in [3.8, 4) is 5.75 Å². The van der Waals surface area contributed by atoms with Gasteiger partial charge >= 0.3 is 0 Å². The summed E-state index contributed by atoms with van der Waals surface area (Å²) in [5.41, 5.74) is 7.02. The van der Waals surface area contributed by atoms with E-state index in [0.717, 1.165) is 37.7 Å². The van der Waals surface area contributed by atoms with Crippen LogP contribution < -0.4 is 11.3 Å². The molecule has 0 radical (unpaired) electrons. The van der Waals surface area contributed by atoms with Crippen molar-refractivity contribution in [2.75, 3.05) is 0 Å². The van der Waals surface area contributed by atoms with E-state index < -0.39 is 11.7 Å². The van der Waals surface area contributed by atoms with Crippen LogP contribution in [0.25, 0.3) is 11.0 Å². The number of hydrogen-bond donors (Lipinski definition) is 2. The molecule has 6 heteroatoms. The van der Waals surface area contributed by atoms with Gasteiger partial charge in [-0.15, -0.1) is 0 Å². The fraction of sp³-hybridized carbons (Fsp3) is 0.273. The first-order valence-electron chi connectivity index (χ1n) is 9.37. The molecule has 3 N–H and O–H groups in total. The topological polar surface area (TPSA) is 88.8 Å². The molecule has 146 valence electrons. The summed E-state index contributed by atoms with van der Waals surface area (Å²) in [6, 6.07) is 10.5. The van der Waals surface area contributed by atoms with Crippen LogP contribution in [0.2, 0.25) is 0 Å². The summed E-state index contributed by atoms with van der Waals surface area (Å²) in [5.74, 6) is -1.01. The van der Waals surface area contributed by atoms with Gasteiger partial charge in [-0.2, -0.15) is 0 Å². The second-order valence-electron chi connectivity index (χ2n) is 6.75. The highest BCUT2D eigenvalue weighted by Crippen LogP contribution is 2.26. The van der Waals surface area contributed by atoms with Crippen molar-refractivity contribution in [2.24, 2.45) is 10.7 Å². The minimum Gasteiger partial charge on any atom is -0.508 e. The molecule has 3 rings (SSSR count). The van der Waals surface area contributed by atoms with E-state index in [0.29, 0.717) is 16.7 Å². The Bertz CT molecular complexity index is 1070. The number of carbonyl (C=O) groups is 1. The van der Waals surface area contributed by atoms with Crippen LogP contribution in [0.4, 0.5) is 10.1 Å². The number of fused-ring (bicyclic) bond motifs is 1. The Morgan fingerprint density at radius 3 is 2.71 bits per heavy atom. The van der Waals surface area contributed by atoms with Gasteiger partial charge < -0.3 is 15.3 Å². The standard InChI is InChI=1S/C22H23FN2O3/c1-2-3-4-5-7-14-10-15-11-18(21(24)27)22(28-20(15)13-19(14)26)25-17-9-6-8-16(23)12-17/h6,8-13,26H,2-5,7H2,1H3,(H2,24,27). The zero-order valence-corrected chi connectivity index (χ0v) is 15.7. The van der Waals surface area contributed by atoms with Gasteiger partial charge in [-0.05, 0) is 48.7 Å². The number of carbonyl (C=O) groups excluding carboxylic acids is 1. The van der Waals surface area contributed by atoms with Crippen molar-refractivity contribution in [2.45, 2.75) is 39.0 Å². The normalized spacial score (nSPS) is 11.9. The Morgan fingerprint density at radius 1 is 1.18 bits per heavy atom. The maximum atomic E-state index is 13.4. The van der Waals surface area contributed by atoms with E-state index in [4.69, 9.17) is 10.2 Å². The number of aromatic hydroxyl groups is 1. The van der Waals surface area contributed by atoms with Gasteiger partial charge in [0, 0.05) is 11.5 Å². The van der Waals surface area contributed by atoms with Crippen molar-refractivity contribution in [3.05, 3.63) is 65.0 Å². The van der Waals surface area contributed by atoms with Crippen LogP contribution in [0.3, 0.4) is 0 Å². The average Bonchev–Trinajstić information content (AvgIpc) is 2.65. The number of nitrogens with two attached hydrogens (primary N) is 1. The number of aryl methyl sites for hydroxylation is 1. The number of phenols is 1. The first kappa shape index (κ1) is 19.6. The second kappa shape index (κ2) is 8.69. The molecule has 1 aromatic heterocycles. The summed E-state index contributed by atoms with van der Waals surface area (Å²) in [7, 11) is 0. The van der Waals surface area contributed by atoms with Crippen LogP contribution in [0.15, 0.2) is 51.9 Å². The van der Waals surface area contributed by atoms with E-state index in [2.05, 4.69) is 11.9 Å². The van der Waals surface area contributed by atoms with Crippen molar-refractivity contribution < 1.29 is 18.7 Å². The van der Waals surface area contributed by atoms with E-state index >= 15 is 0 Å². The van der Waals surface area contributed by atoms with Crippen LogP contribution in [0.5, 0.6) is 5.75 Å². The third-order valence-electron chi connectivity index (χ3n) is 4.55. The Balaban J connectivity index is 2.06. The van der Waals surface area contributed by atoms with Gasteiger partial charge in [-0.25, -0.2) is 9.38 Å². The first-order valence-corrected chi connectivity index (χ1v) is 9.37. The number of primary amides is 1. The van der Waals surface area contributed by atoms with E-state index in [1.807, 2.05) is 0 Å². The smallest absolute Gasteiger partial charge is 0.254 e. The van der Waals surface area contributed by atoms with Crippen LogP contribution in [-0.2, 0) is 6.42 Å². The molecule has 0 saturated carbocycles. The third-order valence-corrected chi connectivity index (χ3v) is 4.55. The molecule has 0 unspecified atom stereocenters. The largest absolute Gasteiger partial charge is 0.508 e. The number of unbranched alkanes of at least 4 members (excludes halogenated alkanes) is 3. The highest BCUT2D eigenvalue weighted by molar-refractivity contribution is 5.95. The predicted molar refractivity (Wildman–Crippen MR) is 106 cm³/mol. The van der Waals surface area contributed by atoms with Crippen molar-refractivity contribution in [1.82, 2.24) is 0 Å². The lowest BCUT2D eigenvalue weighted by atomic mass is 10.0. The van der Waals surface area contributed by atoms with Crippen molar-refractivity contribution >= 4 is 22.6 Å². The number of nitrogens with zero attached hydrogens (tertiary/aromatic N) is 1. The molecule has 28 heavy (non-hydrogen) atoms. The van der Waals surface area contributed by atoms with Gasteiger partial charge in [-0.3, -0.25) is 4.79 Å². The number of rotatable bonds is 7. The van der Waals surface area contributed by atoms with E-state index in [1.165, 1.54) is 24.3 Å². The minimum atomic E-state index is -0.696. The fourth-order valence-electron chi connectivity index (χ4n) is 3.08. The molecular weight excluding hydrogens is 359 g/mol. The molecule has 0 aliphatic carbocycles. The molecule has 1 heterocycles. The van der Waals surface area contributed by atoms with Gasteiger partial charge in [0.05, 0.1) is 5.69 Å². The van der Waals surface area contributed by atoms with Crippen molar-refractivity contribution in [3.63, 3.8) is 0 Å². The summed E-state index contributed by atoms with van der Waals surface area (Å²) >= 11 is 0. The highest BCUT2D eigenvalue weighted by Gasteiger charge is 2.12. The van der Waals surface area contributed by atoms with E-state index in [9.17, 15) is 14.3 Å². The Morgan fingerprint density at radius 2 is 2.00 bits per heavy atom. The molecular formula is C22H23FN2O3. The van der Waals surface area contributed by atoms with Crippen LogP contribution in [0, 0.1) is 5.82 Å². The number of amides is 1. The zero-order chi connectivity index (χ0) is 20.1. The lowest BCUT2D eigenvalue weighted by Crippen LogP contribution is -2.21. The Hall–Kier alpha value is -3.15. The summed E-state index contributed by atoms with van der Waals surface area (Å²) in [5, 5.41) is 11.0. The lowest BCUT2D eigenvalue weighted by Gasteiger charge is -2.08. The minimum absolute atomic E-state index is 0.0271. The monoisotopic (exact) mass is 382 g/mol. The molecule has 0 fully saturated rings. The summed E-state index contributed by atoms with van der Waals surface area (Å²) in [4.78, 5) is 16.1. The fourth-order valence-corrected chi connectivity index (χ4v) is 3.08. The average molecular weight is 382 g/mol. The maximum absolute atomic E-state index is 13.4. The molecule has 0 saturated heterocycles. The number of hydrogen-bond acceptors (Lipinski definition) is 4. The van der Waals surface area contributed by atoms with Gasteiger partial charge in [0.25, 0.3) is 5.91 Å². The second-order valence-corrected chi connectivity index (χ2v) is 6.75. The van der Waals surface area contributed by atoms with Crippen LogP contribution >= 0.6 is 0 Å². The molecule has 0 atom stereocenters. The lowest BCUT2D eigenvalue weighted by molar-refractivity contribution is 0.0996. The highest BCUT2D eigenvalue weighted by atomic mass is 19.1. The zero-order valence-electron chi connectivity index (χ0n) is 15.7. The Labute approximate surface area is 162 Å². The maximum Gasteiger partial charge on any atom is 0.254 e. The molecule has 0 bridgehead atoms. The summed E-state index contributed by atoms with van der Waals surface area (Å²) in [6.45, 7) is 2.15. The van der Waals surface area contributed by atoms with Crippen LogP contribution in [0.1, 0.15) is 48.5 Å². The number of benzene rings is 2. The molecule has 5 nitrogen and oxygen atoms in total.